The van der Waals surface area contributed by atoms with E-state index >= 15 is 0 Å². The molecule has 11 heavy (non-hydrogen) atoms. The molecule has 1 aromatic heterocycles. The number of hydrogen-bond acceptors (Lipinski definition) is 2. The Balaban J connectivity index is 3.01. The Hall–Kier alpha value is -1.25. The third-order valence-electron chi connectivity index (χ3n) is 1.42. The van der Waals surface area contributed by atoms with Crippen molar-refractivity contribution >= 4 is 11.9 Å². The Morgan fingerprint density at radius 1 is 1.55 bits per heavy atom. The topological polar surface area (TPSA) is 40.7 Å². The number of allylic oxidation sites excluding steroid dienone is 1. The predicted octanol–water partition coefficient (Wildman–Crippen LogP) is 1.79. The zero-order valence-electron chi connectivity index (χ0n) is 7.10. The molecule has 0 aliphatic rings. The van der Waals surface area contributed by atoms with E-state index in [-0.39, 0.29) is 0 Å². The van der Waals surface area contributed by atoms with Crippen LogP contribution in [0.3, 0.4) is 0 Å². The molecule has 3 heteroatoms. The van der Waals surface area contributed by atoms with Crippen LogP contribution in [0.2, 0.25) is 0 Å². The van der Waals surface area contributed by atoms with Crippen LogP contribution in [0.15, 0.2) is 6.08 Å². The van der Waals surface area contributed by atoms with E-state index in [1.807, 2.05) is 33.0 Å². The Labute approximate surface area is 66.5 Å². The van der Waals surface area contributed by atoms with Gasteiger partial charge in [-0.2, -0.15) is 0 Å². The molecule has 0 aliphatic carbocycles. The summed E-state index contributed by atoms with van der Waals surface area (Å²) in [6.45, 7) is 3.92. The van der Waals surface area contributed by atoms with E-state index < -0.39 is 0 Å². The lowest BCUT2D eigenvalue weighted by Crippen LogP contribution is -1.89. The van der Waals surface area contributed by atoms with Crippen LogP contribution in [-0.2, 0) is 0 Å². The fourth-order valence-electron chi connectivity index (χ4n) is 0.988. The van der Waals surface area contributed by atoms with Crippen molar-refractivity contribution in [3.8, 4) is 0 Å². The van der Waals surface area contributed by atoms with Gasteiger partial charge in [-0.25, -0.2) is 4.98 Å². The molecule has 0 saturated carbocycles. The lowest BCUT2D eigenvalue weighted by molar-refractivity contribution is 1.14. The van der Waals surface area contributed by atoms with Crippen molar-refractivity contribution < 1.29 is 0 Å². The Bertz CT molecular complexity index is 260. The van der Waals surface area contributed by atoms with Crippen LogP contribution in [0.4, 0.5) is 5.82 Å². The summed E-state index contributed by atoms with van der Waals surface area (Å²) in [7, 11) is 1.86. The number of nitrogens with zero attached hydrogens (tertiary/aromatic N) is 1. The summed E-state index contributed by atoms with van der Waals surface area (Å²) >= 11 is 0. The Kier molecular flexibility index (Phi) is 2.31. The standard InChI is InChI=1S/C8H13N3/c1-4-5-7-8(9-3)11-6(2)10-7/h4-5,9H,1-3H3,(H,10,11)/b5-4-. The van der Waals surface area contributed by atoms with E-state index in [1.54, 1.807) is 0 Å². The minimum Gasteiger partial charge on any atom is -0.371 e. The Morgan fingerprint density at radius 2 is 2.27 bits per heavy atom. The van der Waals surface area contributed by atoms with E-state index in [1.165, 1.54) is 0 Å². The van der Waals surface area contributed by atoms with Crippen LogP contribution >= 0.6 is 0 Å². The van der Waals surface area contributed by atoms with Gasteiger partial charge in [0.2, 0.25) is 0 Å². The van der Waals surface area contributed by atoms with Crippen LogP contribution < -0.4 is 5.32 Å². The van der Waals surface area contributed by atoms with Gasteiger partial charge in [0.05, 0.1) is 5.69 Å². The highest BCUT2D eigenvalue weighted by Gasteiger charge is 2.00. The summed E-state index contributed by atoms with van der Waals surface area (Å²) < 4.78 is 0. The molecule has 0 aliphatic heterocycles. The van der Waals surface area contributed by atoms with Crippen LogP contribution in [0.1, 0.15) is 18.4 Å². The van der Waals surface area contributed by atoms with Crippen molar-refractivity contribution in [3.63, 3.8) is 0 Å². The predicted molar refractivity (Wildman–Crippen MR) is 47.6 cm³/mol. The summed E-state index contributed by atoms with van der Waals surface area (Å²) in [5.41, 5.74) is 1.03. The molecule has 0 saturated heterocycles. The van der Waals surface area contributed by atoms with Crippen LogP contribution in [-0.4, -0.2) is 17.0 Å². The van der Waals surface area contributed by atoms with Gasteiger partial charge in [-0.15, -0.1) is 0 Å². The molecule has 1 rings (SSSR count). The van der Waals surface area contributed by atoms with E-state index in [9.17, 15) is 0 Å². The largest absolute Gasteiger partial charge is 0.371 e. The van der Waals surface area contributed by atoms with Gasteiger partial charge in [0.15, 0.2) is 5.82 Å². The zero-order chi connectivity index (χ0) is 8.27. The zero-order valence-corrected chi connectivity index (χ0v) is 7.10. The molecule has 0 fully saturated rings. The normalized spacial score (nSPS) is 10.8. The first-order valence-electron chi connectivity index (χ1n) is 3.65. The smallest absolute Gasteiger partial charge is 0.151 e. The van der Waals surface area contributed by atoms with Gasteiger partial charge in [0.25, 0.3) is 0 Å². The summed E-state index contributed by atoms with van der Waals surface area (Å²) in [5.74, 6) is 1.84. The first-order valence-corrected chi connectivity index (χ1v) is 3.65. The van der Waals surface area contributed by atoms with Crippen LogP contribution in [0, 0.1) is 6.92 Å². The van der Waals surface area contributed by atoms with Gasteiger partial charge < -0.3 is 10.3 Å². The molecular weight excluding hydrogens is 138 g/mol. The molecule has 0 spiro atoms. The first kappa shape index (κ1) is 7.85. The van der Waals surface area contributed by atoms with Gasteiger partial charge >= 0.3 is 0 Å². The van der Waals surface area contributed by atoms with Gasteiger partial charge in [0.1, 0.15) is 5.82 Å². The number of H-pyrrole nitrogens is 1. The minimum absolute atomic E-state index is 0.903. The number of imidazole rings is 1. The van der Waals surface area contributed by atoms with Gasteiger partial charge in [-0.1, -0.05) is 6.08 Å². The van der Waals surface area contributed by atoms with E-state index in [0.717, 1.165) is 17.3 Å². The molecule has 2 N–H and O–H groups in total. The van der Waals surface area contributed by atoms with Crippen molar-refractivity contribution in [1.29, 1.82) is 0 Å². The molecule has 0 aromatic carbocycles. The fraction of sp³-hybridized carbons (Fsp3) is 0.375. The molecule has 0 unspecified atom stereocenters. The second-order valence-corrected chi connectivity index (χ2v) is 2.33. The van der Waals surface area contributed by atoms with E-state index in [0.29, 0.717) is 0 Å². The second-order valence-electron chi connectivity index (χ2n) is 2.33. The summed E-state index contributed by atoms with van der Waals surface area (Å²) in [6, 6.07) is 0. The van der Waals surface area contributed by atoms with E-state index in [4.69, 9.17) is 0 Å². The molecule has 0 amide bonds. The number of aryl methyl sites for hydroxylation is 1. The SMILES string of the molecule is C/C=C\c1[nH]c(C)nc1NC. The highest BCUT2D eigenvalue weighted by Crippen LogP contribution is 2.12. The number of aromatic amines is 1. The Morgan fingerprint density at radius 3 is 2.82 bits per heavy atom. The fourth-order valence-corrected chi connectivity index (χ4v) is 0.988. The molecule has 1 heterocycles. The number of aromatic nitrogens is 2. The lowest BCUT2D eigenvalue weighted by atomic mass is 10.4. The highest BCUT2D eigenvalue weighted by molar-refractivity contribution is 5.59. The first-order chi connectivity index (χ1) is 5.27. The maximum atomic E-state index is 4.23. The molecule has 3 nitrogen and oxygen atoms in total. The number of rotatable bonds is 2. The maximum Gasteiger partial charge on any atom is 0.151 e. The molecule has 1 aromatic rings. The number of hydrogen-bond donors (Lipinski definition) is 2. The monoisotopic (exact) mass is 151 g/mol. The third kappa shape index (κ3) is 1.61. The highest BCUT2D eigenvalue weighted by atomic mass is 15.1. The van der Waals surface area contributed by atoms with Gasteiger partial charge in [-0.3, -0.25) is 0 Å². The van der Waals surface area contributed by atoms with Gasteiger partial charge in [0, 0.05) is 7.05 Å². The average molecular weight is 151 g/mol. The van der Waals surface area contributed by atoms with Crippen molar-refractivity contribution in [2.75, 3.05) is 12.4 Å². The maximum absolute atomic E-state index is 4.23. The quantitative estimate of drug-likeness (QED) is 0.676. The third-order valence-corrected chi connectivity index (χ3v) is 1.42. The summed E-state index contributed by atoms with van der Waals surface area (Å²) in [6.07, 6.45) is 3.97. The van der Waals surface area contributed by atoms with E-state index in [2.05, 4.69) is 15.3 Å². The molecule has 0 radical (unpaired) electrons. The average Bonchev–Trinajstić information content (AvgIpc) is 2.32. The van der Waals surface area contributed by atoms with Crippen LogP contribution in [0.25, 0.3) is 6.08 Å². The molecule has 60 valence electrons. The van der Waals surface area contributed by atoms with Crippen molar-refractivity contribution in [2.24, 2.45) is 0 Å². The second kappa shape index (κ2) is 3.23. The van der Waals surface area contributed by atoms with Crippen molar-refractivity contribution in [3.05, 3.63) is 17.6 Å². The van der Waals surface area contributed by atoms with Crippen LogP contribution in [0.5, 0.6) is 0 Å². The van der Waals surface area contributed by atoms with Crippen molar-refractivity contribution in [2.45, 2.75) is 13.8 Å². The summed E-state index contributed by atoms with van der Waals surface area (Å²) in [4.78, 5) is 7.37. The van der Waals surface area contributed by atoms with Crippen molar-refractivity contribution in [1.82, 2.24) is 9.97 Å². The van der Waals surface area contributed by atoms with Gasteiger partial charge in [-0.05, 0) is 19.9 Å². The lowest BCUT2D eigenvalue weighted by Gasteiger charge is -1.93. The minimum atomic E-state index is 0.903. The molecular formula is C8H13N3. The molecule has 0 atom stereocenters. The molecule has 0 bridgehead atoms. The number of anilines is 1. The summed E-state index contributed by atoms with van der Waals surface area (Å²) in [5, 5.41) is 3.01. The number of nitrogens with one attached hydrogen (secondary N) is 2.